The fraction of sp³-hybridized carbons (Fsp3) is 0.222. The Labute approximate surface area is 216 Å². The molecule has 10 heteroatoms. The van der Waals surface area contributed by atoms with E-state index in [0.29, 0.717) is 30.2 Å². The van der Waals surface area contributed by atoms with Crippen LogP contribution in [0, 0.1) is 6.92 Å². The minimum Gasteiger partial charge on any atom is -0.486 e. The zero-order valence-corrected chi connectivity index (χ0v) is 21.5. The first-order valence-electron chi connectivity index (χ1n) is 11.6. The number of amidine groups is 1. The number of pyridine rings is 2. The third kappa shape index (κ3) is 7.38. The molecule has 0 saturated heterocycles. The standard InChI is InChI=1S/C27H32N7O3/c1-6-33-18-24(16-30-33)34(12-7-13-35)31-26(28)19-37-21(3)8-10-25-20(2)14-23(17-32(25)4)22-9-11-27(36-5)29-15-22/h7-18H,3,6,19H2,1-2,4-5H3,(H2,28,31)/q+1. The molecule has 0 amide bonds. The van der Waals surface area contributed by atoms with Gasteiger partial charge < -0.3 is 15.2 Å². The Morgan fingerprint density at radius 1 is 1.32 bits per heavy atom. The number of carbonyl (C=O) groups excluding carboxylic acids is 1. The van der Waals surface area contributed by atoms with E-state index in [1.165, 1.54) is 17.3 Å². The third-order valence-corrected chi connectivity index (χ3v) is 5.35. The minimum absolute atomic E-state index is 0.0189. The average Bonchev–Trinajstić information content (AvgIpc) is 3.38. The van der Waals surface area contributed by atoms with Crippen molar-refractivity contribution in [1.82, 2.24) is 14.8 Å². The Kier molecular flexibility index (Phi) is 9.31. The molecule has 0 aromatic carbocycles. The van der Waals surface area contributed by atoms with Crippen LogP contribution < -0.4 is 20.0 Å². The largest absolute Gasteiger partial charge is 0.486 e. The van der Waals surface area contributed by atoms with Crippen LogP contribution in [0.1, 0.15) is 18.2 Å². The first kappa shape index (κ1) is 26.9. The quantitative estimate of drug-likeness (QED) is 0.0592. The fourth-order valence-electron chi connectivity index (χ4n) is 3.47. The molecule has 3 aromatic heterocycles. The summed E-state index contributed by atoms with van der Waals surface area (Å²) >= 11 is 0. The minimum atomic E-state index is 0.0189. The molecule has 10 nitrogen and oxygen atoms in total. The summed E-state index contributed by atoms with van der Waals surface area (Å²) in [6.45, 7) is 8.68. The van der Waals surface area contributed by atoms with Crippen molar-refractivity contribution in [2.45, 2.75) is 20.4 Å². The van der Waals surface area contributed by atoms with E-state index in [2.05, 4.69) is 27.8 Å². The molecule has 0 aliphatic rings. The maximum Gasteiger partial charge on any atom is 0.212 e. The van der Waals surface area contributed by atoms with Gasteiger partial charge in [0.25, 0.3) is 0 Å². The summed E-state index contributed by atoms with van der Waals surface area (Å²) in [6.07, 6.45) is 14.4. The summed E-state index contributed by atoms with van der Waals surface area (Å²) in [4.78, 5) is 15.1. The number of rotatable bonds is 12. The van der Waals surface area contributed by atoms with Gasteiger partial charge in [-0.1, -0.05) is 6.58 Å². The first-order valence-corrected chi connectivity index (χ1v) is 11.6. The van der Waals surface area contributed by atoms with Crippen LogP contribution in [0.4, 0.5) is 5.69 Å². The molecule has 192 valence electrons. The molecule has 0 aliphatic carbocycles. The number of hydrogen-bond donors (Lipinski definition) is 1. The second kappa shape index (κ2) is 12.8. The number of aldehydes is 1. The Bertz CT molecular complexity index is 1300. The van der Waals surface area contributed by atoms with E-state index in [9.17, 15) is 4.79 Å². The van der Waals surface area contributed by atoms with E-state index >= 15 is 0 Å². The average molecular weight is 503 g/mol. The molecule has 0 aliphatic heterocycles. The number of anilines is 1. The lowest BCUT2D eigenvalue weighted by Crippen LogP contribution is -2.32. The smallest absolute Gasteiger partial charge is 0.212 e. The number of allylic oxidation sites excluding steroid dienone is 2. The Hall–Kier alpha value is -4.73. The zero-order valence-electron chi connectivity index (χ0n) is 21.5. The van der Waals surface area contributed by atoms with Crippen molar-refractivity contribution >= 4 is 23.9 Å². The highest BCUT2D eigenvalue weighted by atomic mass is 16.5. The molecule has 37 heavy (non-hydrogen) atoms. The van der Waals surface area contributed by atoms with Gasteiger partial charge in [0.2, 0.25) is 11.6 Å². The van der Waals surface area contributed by atoms with Gasteiger partial charge >= 0.3 is 0 Å². The lowest BCUT2D eigenvalue weighted by molar-refractivity contribution is -0.673. The van der Waals surface area contributed by atoms with E-state index < -0.39 is 0 Å². The first-order chi connectivity index (χ1) is 17.8. The molecule has 0 fully saturated rings. The van der Waals surface area contributed by atoms with E-state index in [0.717, 1.165) is 22.4 Å². The van der Waals surface area contributed by atoms with Gasteiger partial charge in [-0.25, -0.2) is 14.6 Å². The highest BCUT2D eigenvalue weighted by molar-refractivity contribution is 5.83. The van der Waals surface area contributed by atoms with Crippen molar-refractivity contribution in [3.05, 3.63) is 84.9 Å². The molecule has 0 spiro atoms. The predicted octanol–water partition coefficient (Wildman–Crippen LogP) is 3.14. The Morgan fingerprint density at radius 2 is 2.14 bits per heavy atom. The number of aromatic nitrogens is 4. The van der Waals surface area contributed by atoms with E-state index in [1.807, 2.05) is 49.9 Å². The Balaban J connectivity index is 1.66. The normalized spacial score (nSPS) is 11.7. The summed E-state index contributed by atoms with van der Waals surface area (Å²) in [5.74, 6) is 1.20. The zero-order chi connectivity index (χ0) is 26.8. The number of hydrogen-bond acceptors (Lipinski definition) is 7. The van der Waals surface area contributed by atoms with Crippen molar-refractivity contribution < 1.29 is 18.8 Å². The van der Waals surface area contributed by atoms with Crippen molar-refractivity contribution in [2.24, 2.45) is 17.9 Å². The van der Waals surface area contributed by atoms with Gasteiger partial charge in [0.1, 0.15) is 31.4 Å². The van der Waals surface area contributed by atoms with Gasteiger partial charge in [0.15, 0.2) is 12.0 Å². The summed E-state index contributed by atoms with van der Waals surface area (Å²) in [5.41, 5.74) is 10.8. The van der Waals surface area contributed by atoms with Crippen LogP contribution in [0.3, 0.4) is 0 Å². The van der Waals surface area contributed by atoms with Crippen LogP contribution in [0.25, 0.3) is 17.2 Å². The molecule has 2 N–H and O–H groups in total. The van der Waals surface area contributed by atoms with Gasteiger partial charge in [-0.2, -0.15) is 10.2 Å². The molecular formula is C27H32N7O3+. The van der Waals surface area contributed by atoms with Gasteiger partial charge in [0, 0.05) is 47.8 Å². The summed E-state index contributed by atoms with van der Waals surface area (Å²) < 4.78 is 14.6. The molecule has 3 rings (SSSR count). The van der Waals surface area contributed by atoms with Crippen LogP contribution in [-0.4, -0.2) is 40.6 Å². The number of ether oxygens (including phenoxy) is 2. The topological polar surface area (TPSA) is 112 Å². The highest BCUT2D eigenvalue weighted by Crippen LogP contribution is 2.21. The SMILES string of the molecule is C=C(C=Cc1c(C)cc(-c2ccc(OC)nc2)c[n+]1C)OCC(N)=NN(C=CC=O)c1cnn(CC)c1. The molecule has 3 aromatic rings. The molecule has 0 unspecified atom stereocenters. The van der Waals surface area contributed by atoms with E-state index in [4.69, 9.17) is 15.2 Å². The highest BCUT2D eigenvalue weighted by Gasteiger charge is 2.12. The number of aryl methyl sites for hydroxylation is 3. The number of nitrogens with zero attached hydrogens (tertiary/aromatic N) is 6. The fourth-order valence-corrected chi connectivity index (χ4v) is 3.47. The van der Waals surface area contributed by atoms with Crippen molar-refractivity contribution in [2.75, 3.05) is 18.7 Å². The molecule has 0 bridgehead atoms. The molecule has 3 heterocycles. The maximum absolute atomic E-state index is 10.8. The summed E-state index contributed by atoms with van der Waals surface area (Å²) in [6, 6.07) is 5.91. The lowest BCUT2D eigenvalue weighted by atomic mass is 10.1. The predicted molar refractivity (Wildman–Crippen MR) is 143 cm³/mol. The second-order valence-electron chi connectivity index (χ2n) is 8.05. The van der Waals surface area contributed by atoms with E-state index in [-0.39, 0.29) is 12.4 Å². The van der Waals surface area contributed by atoms with E-state index in [1.54, 1.807) is 36.5 Å². The Morgan fingerprint density at radius 3 is 2.76 bits per heavy atom. The van der Waals surface area contributed by atoms with Gasteiger partial charge in [-0.05, 0) is 38.1 Å². The van der Waals surface area contributed by atoms with Gasteiger partial charge in [0.05, 0.1) is 19.5 Å². The molecule has 0 atom stereocenters. The molecule has 0 saturated carbocycles. The summed E-state index contributed by atoms with van der Waals surface area (Å²) in [5, 5.41) is 10.0. The lowest BCUT2D eigenvalue weighted by Gasteiger charge is -2.13. The number of carbonyl (C=O) groups is 1. The number of methoxy groups -OCH3 is 1. The van der Waals surface area contributed by atoms with Gasteiger partial charge in [-0.15, -0.1) is 0 Å². The number of hydrazone groups is 1. The summed E-state index contributed by atoms with van der Waals surface area (Å²) in [7, 11) is 3.57. The van der Waals surface area contributed by atoms with Crippen LogP contribution in [0.2, 0.25) is 0 Å². The van der Waals surface area contributed by atoms with Crippen molar-refractivity contribution in [3.63, 3.8) is 0 Å². The number of nitrogens with two attached hydrogens (primary N) is 1. The molecular weight excluding hydrogens is 470 g/mol. The monoisotopic (exact) mass is 502 g/mol. The van der Waals surface area contributed by atoms with Crippen LogP contribution in [0.15, 0.2) is 78.8 Å². The van der Waals surface area contributed by atoms with Crippen LogP contribution in [-0.2, 0) is 23.1 Å². The maximum atomic E-state index is 10.8. The van der Waals surface area contributed by atoms with Crippen LogP contribution >= 0.6 is 0 Å². The van der Waals surface area contributed by atoms with Crippen LogP contribution in [0.5, 0.6) is 5.88 Å². The van der Waals surface area contributed by atoms with Gasteiger partial charge in [-0.3, -0.25) is 9.48 Å². The van der Waals surface area contributed by atoms with Crippen molar-refractivity contribution in [3.8, 4) is 17.0 Å². The molecule has 0 radical (unpaired) electrons. The second-order valence-corrected chi connectivity index (χ2v) is 8.05. The third-order valence-electron chi connectivity index (χ3n) is 5.35. The van der Waals surface area contributed by atoms with Crippen molar-refractivity contribution in [1.29, 1.82) is 0 Å².